The van der Waals surface area contributed by atoms with Crippen LogP contribution in [0.2, 0.25) is 0 Å². The minimum Gasteiger partial charge on any atom is -0.490 e. The highest BCUT2D eigenvalue weighted by Gasteiger charge is 2.07. The fourth-order valence-electron chi connectivity index (χ4n) is 2.55. The van der Waals surface area contributed by atoms with Crippen molar-refractivity contribution in [2.75, 3.05) is 13.2 Å². The van der Waals surface area contributed by atoms with Gasteiger partial charge in [-0.25, -0.2) is 0 Å². The van der Waals surface area contributed by atoms with Gasteiger partial charge in [-0.05, 0) is 61.6 Å². The van der Waals surface area contributed by atoms with Gasteiger partial charge in [-0.15, -0.1) is 0 Å². The molecule has 4 heteroatoms. The van der Waals surface area contributed by atoms with Crippen molar-refractivity contribution in [3.63, 3.8) is 0 Å². The van der Waals surface area contributed by atoms with Crippen LogP contribution < -0.4 is 9.47 Å². The summed E-state index contributed by atoms with van der Waals surface area (Å²) < 4.78 is 11.6. The van der Waals surface area contributed by atoms with Crippen molar-refractivity contribution in [3.8, 4) is 11.5 Å². The SMILES string of the molecule is Cc1cc(C)c(C)c(OCCOc2ccccc2CCC(=O)O)c1. The van der Waals surface area contributed by atoms with E-state index in [2.05, 4.69) is 19.9 Å². The van der Waals surface area contributed by atoms with E-state index in [-0.39, 0.29) is 6.42 Å². The van der Waals surface area contributed by atoms with Crippen LogP contribution in [0.5, 0.6) is 11.5 Å². The minimum absolute atomic E-state index is 0.0959. The zero-order valence-corrected chi connectivity index (χ0v) is 14.5. The largest absolute Gasteiger partial charge is 0.490 e. The van der Waals surface area contributed by atoms with E-state index in [4.69, 9.17) is 14.6 Å². The first-order valence-electron chi connectivity index (χ1n) is 8.10. The van der Waals surface area contributed by atoms with Crippen LogP contribution in [0.1, 0.15) is 28.7 Å². The Kier molecular flexibility index (Phi) is 6.24. The summed E-state index contributed by atoms with van der Waals surface area (Å²) in [6.45, 7) is 7.03. The van der Waals surface area contributed by atoms with Crippen LogP contribution in [-0.4, -0.2) is 24.3 Å². The number of ether oxygens (including phenoxy) is 2. The predicted molar refractivity (Wildman–Crippen MR) is 94.0 cm³/mol. The summed E-state index contributed by atoms with van der Waals surface area (Å²) in [5.74, 6) is 0.799. The van der Waals surface area contributed by atoms with Crippen molar-refractivity contribution in [1.82, 2.24) is 0 Å². The quantitative estimate of drug-likeness (QED) is 0.742. The molecule has 0 aliphatic heterocycles. The number of rotatable bonds is 8. The predicted octanol–water partition coefficient (Wildman–Crippen LogP) is 4.09. The molecule has 0 radical (unpaired) electrons. The number of hydrogen-bond donors (Lipinski definition) is 1. The number of benzene rings is 2. The Bertz CT molecular complexity index is 707. The molecule has 128 valence electrons. The number of aliphatic carboxylic acids is 1. The van der Waals surface area contributed by atoms with Crippen LogP contribution in [-0.2, 0) is 11.2 Å². The molecule has 0 aliphatic rings. The van der Waals surface area contributed by atoms with Crippen molar-refractivity contribution in [3.05, 3.63) is 58.7 Å². The van der Waals surface area contributed by atoms with Crippen molar-refractivity contribution in [2.45, 2.75) is 33.6 Å². The van der Waals surface area contributed by atoms with Crippen LogP contribution >= 0.6 is 0 Å². The summed E-state index contributed by atoms with van der Waals surface area (Å²) in [6, 6.07) is 11.7. The molecule has 0 unspecified atom stereocenters. The molecule has 0 fully saturated rings. The van der Waals surface area contributed by atoms with Gasteiger partial charge < -0.3 is 14.6 Å². The second-order valence-electron chi connectivity index (χ2n) is 5.90. The molecular weight excluding hydrogens is 304 g/mol. The first-order valence-corrected chi connectivity index (χ1v) is 8.10. The van der Waals surface area contributed by atoms with E-state index < -0.39 is 5.97 Å². The molecule has 0 aromatic heterocycles. The lowest BCUT2D eigenvalue weighted by atomic mass is 10.1. The van der Waals surface area contributed by atoms with Gasteiger partial charge in [0.25, 0.3) is 0 Å². The Hall–Kier alpha value is -2.49. The fourth-order valence-corrected chi connectivity index (χ4v) is 2.55. The Balaban J connectivity index is 1.90. The van der Waals surface area contributed by atoms with E-state index in [1.54, 1.807) is 0 Å². The van der Waals surface area contributed by atoms with E-state index >= 15 is 0 Å². The average molecular weight is 328 g/mol. The summed E-state index contributed by atoms with van der Waals surface area (Å²) >= 11 is 0. The summed E-state index contributed by atoms with van der Waals surface area (Å²) in [5, 5.41) is 8.82. The number of hydrogen-bond acceptors (Lipinski definition) is 3. The summed E-state index contributed by atoms with van der Waals surface area (Å²) in [4.78, 5) is 10.7. The van der Waals surface area contributed by atoms with E-state index in [0.29, 0.717) is 19.6 Å². The lowest BCUT2D eigenvalue weighted by Gasteiger charge is -2.14. The second-order valence-corrected chi connectivity index (χ2v) is 5.90. The lowest BCUT2D eigenvalue weighted by molar-refractivity contribution is -0.136. The fraction of sp³-hybridized carbons (Fsp3) is 0.350. The Labute approximate surface area is 143 Å². The molecule has 2 aromatic rings. The third kappa shape index (κ3) is 5.01. The summed E-state index contributed by atoms with van der Waals surface area (Å²) in [5.41, 5.74) is 4.43. The number of carboxylic acids is 1. The minimum atomic E-state index is -0.807. The molecule has 1 N–H and O–H groups in total. The van der Waals surface area contributed by atoms with Crippen LogP contribution in [0.3, 0.4) is 0 Å². The molecule has 0 saturated carbocycles. The van der Waals surface area contributed by atoms with Gasteiger partial charge in [0.2, 0.25) is 0 Å². The Morgan fingerprint density at radius 1 is 1.00 bits per heavy atom. The van der Waals surface area contributed by atoms with Gasteiger partial charge in [-0.2, -0.15) is 0 Å². The summed E-state index contributed by atoms with van der Waals surface area (Å²) in [6.07, 6.45) is 0.557. The normalized spacial score (nSPS) is 10.5. The van der Waals surface area contributed by atoms with Crippen molar-refractivity contribution < 1.29 is 19.4 Å². The maximum absolute atomic E-state index is 10.7. The Morgan fingerprint density at radius 2 is 1.67 bits per heavy atom. The number of carbonyl (C=O) groups is 1. The molecule has 4 nitrogen and oxygen atoms in total. The third-order valence-electron chi connectivity index (χ3n) is 3.94. The summed E-state index contributed by atoms with van der Waals surface area (Å²) in [7, 11) is 0. The standard InChI is InChI=1S/C20H24O4/c1-14-12-15(2)16(3)19(13-14)24-11-10-23-18-7-5-4-6-17(18)8-9-20(21)22/h4-7,12-13H,8-11H2,1-3H3,(H,21,22). The van der Waals surface area contributed by atoms with E-state index in [9.17, 15) is 4.79 Å². The van der Waals surface area contributed by atoms with E-state index in [1.165, 1.54) is 11.1 Å². The molecule has 0 amide bonds. The van der Waals surface area contributed by atoms with Gasteiger partial charge in [0.15, 0.2) is 0 Å². The monoisotopic (exact) mass is 328 g/mol. The molecule has 0 bridgehead atoms. The Morgan fingerprint density at radius 3 is 2.38 bits per heavy atom. The average Bonchev–Trinajstić information content (AvgIpc) is 2.54. The number of para-hydroxylation sites is 1. The molecule has 24 heavy (non-hydrogen) atoms. The molecule has 2 aromatic carbocycles. The van der Waals surface area contributed by atoms with Gasteiger partial charge in [0.05, 0.1) is 0 Å². The van der Waals surface area contributed by atoms with Crippen LogP contribution in [0.15, 0.2) is 36.4 Å². The third-order valence-corrected chi connectivity index (χ3v) is 3.94. The van der Waals surface area contributed by atoms with E-state index in [0.717, 1.165) is 22.6 Å². The number of carboxylic acid groups (broad SMARTS) is 1. The van der Waals surface area contributed by atoms with Gasteiger partial charge in [0.1, 0.15) is 24.7 Å². The lowest BCUT2D eigenvalue weighted by Crippen LogP contribution is -2.11. The highest BCUT2D eigenvalue weighted by molar-refractivity contribution is 5.67. The van der Waals surface area contributed by atoms with Crippen molar-refractivity contribution >= 4 is 5.97 Å². The molecule has 0 aliphatic carbocycles. The molecule has 0 heterocycles. The highest BCUT2D eigenvalue weighted by Crippen LogP contribution is 2.23. The van der Waals surface area contributed by atoms with Gasteiger partial charge in [0, 0.05) is 6.42 Å². The molecule has 0 saturated heterocycles. The molecule has 2 rings (SSSR count). The first kappa shape index (κ1) is 17.9. The molecule has 0 atom stereocenters. The molecule has 0 spiro atoms. The first-order chi connectivity index (χ1) is 11.5. The maximum atomic E-state index is 10.7. The van der Waals surface area contributed by atoms with Crippen molar-refractivity contribution in [1.29, 1.82) is 0 Å². The van der Waals surface area contributed by atoms with E-state index in [1.807, 2.05) is 37.3 Å². The zero-order chi connectivity index (χ0) is 17.5. The van der Waals surface area contributed by atoms with Crippen LogP contribution in [0.4, 0.5) is 0 Å². The maximum Gasteiger partial charge on any atom is 0.303 e. The molecular formula is C20H24O4. The van der Waals surface area contributed by atoms with Crippen molar-refractivity contribution in [2.24, 2.45) is 0 Å². The van der Waals surface area contributed by atoms with Gasteiger partial charge >= 0.3 is 5.97 Å². The van der Waals surface area contributed by atoms with Gasteiger partial charge in [-0.1, -0.05) is 24.3 Å². The van der Waals surface area contributed by atoms with Gasteiger partial charge in [-0.3, -0.25) is 4.79 Å². The smallest absolute Gasteiger partial charge is 0.303 e. The number of aryl methyl sites for hydroxylation is 3. The topological polar surface area (TPSA) is 55.8 Å². The zero-order valence-electron chi connectivity index (χ0n) is 14.5. The second kappa shape index (κ2) is 8.39. The van der Waals surface area contributed by atoms with Crippen LogP contribution in [0, 0.1) is 20.8 Å². The van der Waals surface area contributed by atoms with Crippen LogP contribution in [0.25, 0.3) is 0 Å². The highest BCUT2D eigenvalue weighted by atomic mass is 16.5.